The van der Waals surface area contributed by atoms with E-state index in [1.54, 1.807) is 37.4 Å². The van der Waals surface area contributed by atoms with Gasteiger partial charge in [0.1, 0.15) is 24.5 Å². The number of carbonyl (C=O) groups is 3. The highest BCUT2D eigenvalue weighted by molar-refractivity contribution is 6.00. The number of methoxy groups -OCH3 is 1. The number of rotatable bonds is 11. The number of carbonyl (C=O) groups excluding carboxylic acids is 3. The number of benzene rings is 2. The summed E-state index contributed by atoms with van der Waals surface area (Å²) in [5.74, 6) is -0.675. The van der Waals surface area contributed by atoms with E-state index in [1.165, 1.54) is 0 Å². The Balaban J connectivity index is 1.46. The zero-order valence-corrected chi connectivity index (χ0v) is 22.7. The van der Waals surface area contributed by atoms with Crippen LogP contribution in [-0.2, 0) is 32.0 Å². The summed E-state index contributed by atoms with van der Waals surface area (Å²) in [4.78, 5) is 40.1. The number of allylic oxidation sites excluding steroid dienone is 2. The molecule has 0 N–H and O–H groups in total. The molecule has 9 heteroatoms. The summed E-state index contributed by atoms with van der Waals surface area (Å²) in [7, 11) is 1.54. The first-order valence-electron chi connectivity index (χ1n) is 13.2. The minimum atomic E-state index is -0.579. The lowest BCUT2D eigenvalue weighted by Gasteiger charge is -2.26. The molecule has 0 bridgehead atoms. The lowest BCUT2D eigenvalue weighted by molar-refractivity contribution is -0.144. The van der Waals surface area contributed by atoms with E-state index in [4.69, 9.17) is 23.7 Å². The van der Waals surface area contributed by atoms with E-state index in [0.29, 0.717) is 61.6 Å². The van der Waals surface area contributed by atoms with Crippen LogP contribution < -0.4 is 9.47 Å². The van der Waals surface area contributed by atoms with Gasteiger partial charge in [-0.15, -0.1) is 0 Å². The van der Waals surface area contributed by atoms with E-state index in [0.717, 1.165) is 24.2 Å². The fraction of sp³-hybridized carbons (Fsp3) is 0.433. The second-order valence-electron chi connectivity index (χ2n) is 9.58. The first-order chi connectivity index (χ1) is 18.9. The van der Waals surface area contributed by atoms with Crippen LogP contribution >= 0.6 is 0 Å². The fourth-order valence-corrected chi connectivity index (χ4v) is 4.71. The molecule has 0 radical (unpaired) electrons. The van der Waals surface area contributed by atoms with Gasteiger partial charge in [-0.2, -0.15) is 0 Å². The van der Waals surface area contributed by atoms with Crippen molar-refractivity contribution >= 4 is 17.9 Å². The Hall–Kier alpha value is -3.69. The Morgan fingerprint density at radius 2 is 1.82 bits per heavy atom. The van der Waals surface area contributed by atoms with Gasteiger partial charge in [0.2, 0.25) is 0 Å². The second kappa shape index (κ2) is 13.4. The van der Waals surface area contributed by atoms with Crippen LogP contribution in [0.25, 0.3) is 0 Å². The molecule has 0 aromatic heterocycles. The van der Waals surface area contributed by atoms with Gasteiger partial charge < -0.3 is 23.7 Å². The van der Waals surface area contributed by atoms with E-state index in [2.05, 4.69) is 4.90 Å². The van der Waals surface area contributed by atoms with Crippen molar-refractivity contribution in [3.8, 4) is 11.5 Å². The predicted octanol–water partition coefficient (Wildman–Crippen LogP) is 4.04. The number of nitrogens with zero attached hydrogens (tertiary/aromatic N) is 1. The van der Waals surface area contributed by atoms with Gasteiger partial charge >= 0.3 is 17.9 Å². The molecule has 39 heavy (non-hydrogen) atoms. The van der Waals surface area contributed by atoms with Crippen LogP contribution in [0.5, 0.6) is 11.5 Å². The van der Waals surface area contributed by atoms with Crippen molar-refractivity contribution in [1.82, 2.24) is 4.90 Å². The van der Waals surface area contributed by atoms with Crippen molar-refractivity contribution < 1.29 is 38.1 Å². The van der Waals surface area contributed by atoms with E-state index >= 15 is 0 Å². The maximum Gasteiger partial charge on any atom is 0.343 e. The molecule has 2 aromatic rings. The molecule has 2 aromatic carbocycles. The van der Waals surface area contributed by atoms with Gasteiger partial charge in [-0.05, 0) is 44.4 Å². The maximum absolute atomic E-state index is 13.0. The average Bonchev–Trinajstić information content (AvgIpc) is 3.35. The molecule has 0 amide bonds. The number of cyclic esters (lactones) is 1. The predicted molar refractivity (Wildman–Crippen MR) is 143 cm³/mol. The number of hydrogen-bond donors (Lipinski definition) is 0. The van der Waals surface area contributed by atoms with Crippen LogP contribution in [0, 0.1) is 6.92 Å². The minimum absolute atomic E-state index is 0.0923. The van der Waals surface area contributed by atoms with Crippen LogP contribution in [0.15, 0.2) is 42.0 Å². The molecule has 2 heterocycles. The zero-order valence-electron chi connectivity index (χ0n) is 22.7. The Kier molecular flexibility index (Phi) is 9.73. The van der Waals surface area contributed by atoms with Crippen LogP contribution in [0.3, 0.4) is 0 Å². The van der Waals surface area contributed by atoms with Crippen LogP contribution in [-0.4, -0.2) is 69.4 Å². The maximum atomic E-state index is 13.0. The lowest BCUT2D eigenvalue weighted by Crippen LogP contribution is -2.38. The molecule has 0 aliphatic carbocycles. The summed E-state index contributed by atoms with van der Waals surface area (Å²) in [6.07, 6.45) is 3.06. The SMILES string of the molecule is COc1c(C)c2c(c(OC(=O)c3ccccc3)c1C/C=C(\C)CCC(=O)OCCN1CCOCC1)C(=O)OC2. The lowest BCUT2D eigenvalue weighted by atomic mass is 9.94. The molecule has 1 saturated heterocycles. The van der Waals surface area contributed by atoms with Gasteiger partial charge in [0, 0.05) is 37.2 Å². The second-order valence-corrected chi connectivity index (χ2v) is 9.58. The molecular formula is C30H35NO8. The van der Waals surface area contributed by atoms with Gasteiger partial charge in [0.15, 0.2) is 5.75 Å². The van der Waals surface area contributed by atoms with E-state index in [9.17, 15) is 14.4 Å². The molecule has 0 spiro atoms. The highest BCUT2D eigenvalue weighted by atomic mass is 16.6. The van der Waals surface area contributed by atoms with E-state index in [-0.39, 0.29) is 30.3 Å². The van der Waals surface area contributed by atoms with Gasteiger partial charge in [0.25, 0.3) is 0 Å². The standard InChI is InChI=1S/C30H35NO8/c1-20(10-12-25(32)37-18-15-31-13-16-36-17-14-31)9-11-23-27(35-3)21(2)24-19-38-30(34)26(24)28(23)39-29(33)22-7-5-4-6-8-22/h4-9H,10-19H2,1-3H3/b20-9+. The van der Waals surface area contributed by atoms with Gasteiger partial charge in [-0.3, -0.25) is 9.69 Å². The average molecular weight is 538 g/mol. The fourth-order valence-electron chi connectivity index (χ4n) is 4.71. The van der Waals surface area contributed by atoms with Gasteiger partial charge in [0.05, 0.1) is 25.9 Å². The van der Waals surface area contributed by atoms with Gasteiger partial charge in [-0.25, -0.2) is 9.59 Å². The Morgan fingerprint density at radius 3 is 2.54 bits per heavy atom. The molecule has 2 aliphatic heterocycles. The summed E-state index contributed by atoms with van der Waals surface area (Å²) < 4.78 is 27.6. The molecule has 4 rings (SSSR count). The van der Waals surface area contributed by atoms with Crippen LogP contribution in [0.4, 0.5) is 0 Å². The number of fused-ring (bicyclic) bond motifs is 1. The summed E-state index contributed by atoms with van der Waals surface area (Å²) in [5.41, 5.74) is 3.57. The first-order valence-corrected chi connectivity index (χ1v) is 13.2. The monoisotopic (exact) mass is 537 g/mol. The van der Waals surface area contributed by atoms with Crippen LogP contribution in [0.1, 0.15) is 57.2 Å². The molecular weight excluding hydrogens is 502 g/mol. The van der Waals surface area contributed by atoms with Gasteiger partial charge in [-0.1, -0.05) is 29.8 Å². The zero-order chi connectivity index (χ0) is 27.8. The van der Waals surface area contributed by atoms with Crippen molar-refractivity contribution in [2.24, 2.45) is 0 Å². The van der Waals surface area contributed by atoms with Crippen molar-refractivity contribution in [2.45, 2.75) is 39.7 Å². The number of esters is 3. The Morgan fingerprint density at radius 1 is 1.08 bits per heavy atom. The van der Waals surface area contributed by atoms with Crippen molar-refractivity contribution in [1.29, 1.82) is 0 Å². The van der Waals surface area contributed by atoms with Crippen molar-refractivity contribution in [2.75, 3.05) is 46.6 Å². The van der Waals surface area contributed by atoms with Crippen molar-refractivity contribution in [3.05, 3.63) is 69.8 Å². The third-order valence-corrected chi connectivity index (χ3v) is 6.98. The Bertz CT molecular complexity index is 1230. The minimum Gasteiger partial charge on any atom is -0.496 e. The summed E-state index contributed by atoms with van der Waals surface area (Å²) in [6, 6.07) is 8.59. The molecule has 2 aliphatic rings. The third kappa shape index (κ3) is 7.04. The highest BCUT2D eigenvalue weighted by Crippen LogP contribution is 2.43. The highest BCUT2D eigenvalue weighted by Gasteiger charge is 2.34. The smallest absolute Gasteiger partial charge is 0.343 e. The number of hydrogen-bond acceptors (Lipinski definition) is 9. The van der Waals surface area contributed by atoms with Crippen molar-refractivity contribution in [3.63, 3.8) is 0 Å². The molecule has 0 unspecified atom stereocenters. The largest absolute Gasteiger partial charge is 0.496 e. The molecule has 0 saturated carbocycles. The van der Waals surface area contributed by atoms with E-state index < -0.39 is 11.9 Å². The normalized spacial score (nSPS) is 15.5. The third-order valence-electron chi connectivity index (χ3n) is 6.98. The topological polar surface area (TPSA) is 101 Å². The van der Waals surface area contributed by atoms with E-state index in [1.807, 2.05) is 19.9 Å². The number of ether oxygens (including phenoxy) is 5. The number of morpholine rings is 1. The summed E-state index contributed by atoms with van der Waals surface area (Å²) >= 11 is 0. The quantitative estimate of drug-likeness (QED) is 0.239. The molecule has 9 nitrogen and oxygen atoms in total. The Labute approximate surface area is 228 Å². The molecule has 208 valence electrons. The van der Waals surface area contributed by atoms with Crippen LogP contribution in [0.2, 0.25) is 0 Å². The summed E-state index contributed by atoms with van der Waals surface area (Å²) in [6.45, 7) is 8.06. The molecule has 1 fully saturated rings. The molecule has 0 atom stereocenters. The summed E-state index contributed by atoms with van der Waals surface area (Å²) in [5, 5.41) is 0. The first kappa shape index (κ1) is 28.3.